The van der Waals surface area contributed by atoms with Crippen molar-refractivity contribution in [1.29, 1.82) is 0 Å². The second-order valence-electron chi connectivity index (χ2n) is 7.54. The van der Waals surface area contributed by atoms with Gasteiger partial charge in [-0.25, -0.2) is 0 Å². The molecule has 0 saturated carbocycles. The molecule has 4 aromatic carbocycles. The molecule has 0 unspecified atom stereocenters. The van der Waals surface area contributed by atoms with Gasteiger partial charge in [-0.2, -0.15) is 0 Å². The van der Waals surface area contributed by atoms with Crippen molar-refractivity contribution in [3.8, 4) is 11.5 Å². The zero-order valence-corrected chi connectivity index (χ0v) is 20.7. The van der Waals surface area contributed by atoms with Crippen LogP contribution in [0, 0.1) is 0 Å². The van der Waals surface area contributed by atoms with E-state index in [1.54, 1.807) is 0 Å². The van der Waals surface area contributed by atoms with Crippen molar-refractivity contribution in [1.82, 2.24) is 0 Å². The average Bonchev–Trinajstić information content (AvgIpc) is 2.85. The monoisotopic (exact) mass is 548 g/mol. The first-order chi connectivity index (χ1) is 15.9. The first-order valence-corrected chi connectivity index (χ1v) is 14.0. The molecule has 0 amide bonds. The molecule has 32 heavy (non-hydrogen) atoms. The third-order valence-corrected chi connectivity index (χ3v) is 10.2. The van der Waals surface area contributed by atoms with Crippen LogP contribution in [0.25, 0.3) is 19.7 Å². The Morgan fingerprint density at radius 1 is 0.500 bits per heavy atom. The fourth-order valence-electron chi connectivity index (χ4n) is 4.18. The third-order valence-electron chi connectivity index (χ3n) is 5.55. The molecule has 0 aromatic heterocycles. The summed E-state index contributed by atoms with van der Waals surface area (Å²) in [5.74, 6) is 1.84. The van der Waals surface area contributed by atoms with Gasteiger partial charge in [0.25, 0.3) is 0 Å². The molecule has 2 aliphatic rings. The van der Waals surface area contributed by atoms with Gasteiger partial charge in [-0.05, 0) is 0 Å². The molecule has 2 aliphatic heterocycles. The van der Waals surface area contributed by atoms with Crippen LogP contribution in [0.2, 0.25) is 0 Å². The van der Waals surface area contributed by atoms with Gasteiger partial charge in [-0.3, -0.25) is 0 Å². The molecule has 0 spiro atoms. The van der Waals surface area contributed by atoms with Crippen molar-refractivity contribution in [2.24, 2.45) is 0 Å². The number of hydrogen-bond donors (Lipinski definition) is 0. The summed E-state index contributed by atoms with van der Waals surface area (Å²) in [5.41, 5.74) is 2.42. The topological polar surface area (TPSA) is 18.5 Å². The van der Waals surface area contributed by atoms with Gasteiger partial charge in [0.2, 0.25) is 0 Å². The molecule has 0 fully saturated rings. The van der Waals surface area contributed by atoms with E-state index in [4.69, 9.17) is 9.47 Å². The van der Waals surface area contributed by atoms with Crippen LogP contribution < -0.4 is 18.4 Å². The van der Waals surface area contributed by atoms with Gasteiger partial charge in [0.05, 0.1) is 0 Å². The molecule has 2 nitrogen and oxygen atoms in total. The maximum atomic E-state index is 6.28. The molecule has 156 valence electrons. The van der Waals surface area contributed by atoms with Crippen LogP contribution in [0.5, 0.6) is 11.5 Å². The summed E-state index contributed by atoms with van der Waals surface area (Å²) in [6.45, 7) is 1.18. The molecule has 4 heteroatoms. The van der Waals surface area contributed by atoms with Crippen molar-refractivity contribution in [2.45, 2.75) is 0 Å². The summed E-state index contributed by atoms with van der Waals surface area (Å²) >= 11 is 0.413. The molecule has 0 bridgehead atoms. The van der Waals surface area contributed by atoms with Crippen LogP contribution in [0.15, 0.2) is 97.1 Å². The molecular weight excluding hydrogens is 526 g/mol. The third kappa shape index (κ3) is 3.60. The van der Waals surface area contributed by atoms with Crippen LogP contribution in [-0.4, -0.2) is 43.1 Å². The Hall–Kier alpha value is -2.74. The SMILES string of the molecule is C1=C([Se]c2ccccc2)c2c(c3c(c4ccccc24)C([Se]c2ccccc2)=CCO3)OC1. The van der Waals surface area contributed by atoms with Gasteiger partial charge in [0, 0.05) is 0 Å². The van der Waals surface area contributed by atoms with E-state index in [0.717, 1.165) is 11.5 Å². The van der Waals surface area contributed by atoms with Gasteiger partial charge < -0.3 is 0 Å². The minimum atomic E-state index is 0.206. The normalized spacial score (nSPS) is 14.5. The van der Waals surface area contributed by atoms with Crippen molar-refractivity contribution >= 4 is 58.6 Å². The predicted octanol–water partition coefficient (Wildman–Crippen LogP) is 4.37. The van der Waals surface area contributed by atoms with Crippen LogP contribution in [-0.2, 0) is 0 Å². The zero-order chi connectivity index (χ0) is 21.3. The van der Waals surface area contributed by atoms with E-state index >= 15 is 0 Å². The first-order valence-electron chi connectivity index (χ1n) is 10.6. The molecule has 6 rings (SSSR count). The number of hydrogen-bond acceptors (Lipinski definition) is 2. The van der Waals surface area contributed by atoms with Gasteiger partial charge in [0.15, 0.2) is 0 Å². The molecule has 2 heterocycles. The minimum absolute atomic E-state index is 0.206. The number of rotatable bonds is 4. The predicted molar refractivity (Wildman–Crippen MR) is 135 cm³/mol. The average molecular weight is 546 g/mol. The molecule has 0 N–H and O–H groups in total. The summed E-state index contributed by atoms with van der Waals surface area (Å²) in [6.07, 6.45) is 4.50. The van der Waals surface area contributed by atoms with Gasteiger partial charge in [-0.1, -0.05) is 0 Å². The molecular formula is C28H20O2Se2. The van der Waals surface area contributed by atoms with E-state index in [0.29, 0.717) is 13.2 Å². The van der Waals surface area contributed by atoms with Crippen LogP contribution in [0.3, 0.4) is 0 Å². The van der Waals surface area contributed by atoms with Gasteiger partial charge in [0.1, 0.15) is 0 Å². The number of fused-ring (bicyclic) bond motifs is 6. The Labute approximate surface area is 200 Å². The quantitative estimate of drug-likeness (QED) is 0.355. The summed E-state index contributed by atoms with van der Waals surface area (Å²) in [4.78, 5) is 0. The summed E-state index contributed by atoms with van der Waals surface area (Å²) in [7, 11) is 0. The van der Waals surface area contributed by atoms with E-state index < -0.39 is 0 Å². The van der Waals surface area contributed by atoms with E-state index in [1.165, 1.54) is 39.8 Å². The molecule has 0 aliphatic carbocycles. The van der Waals surface area contributed by atoms with Crippen molar-refractivity contribution in [3.05, 3.63) is 108 Å². The maximum absolute atomic E-state index is 6.28. The fraction of sp³-hybridized carbons (Fsp3) is 0.0714. The summed E-state index contributed by atoms with van der Waals surface area (Å²) in [5, 5.41) is 2.51. The van der Waals surface area contributed by atoms with Crippen LogP contribution in [0.1, 0.15) is 11.1 Å². The Morgan fingerprint density at radius 3 is 1.34 bits per heavy atom. The van der Waals surface area contributed by atoms with E-state index in [2.05, 4.69) is 97.1 Å². The van der Waals surface area contributed by atoms with E-state index in [9.17, 15) is 0 Å². The molecule has 0 saturated heterocycles. The second kappa shape index (κ2) is 8.65. The summed E-state index contributed by atoms with van der Waals surface area (Å²) in [6, 6.07) is 30.2. The Morgan fingerprint density at radius 2 is 0.906 bits per heavy atom. The van der Waals surface area contributed by atoms with E-state index in [1.807, 2.05) is 0 Å². The number of ether oxygens (including phenoxy) is 2. The Balaban J connectivity index is 1.53. The van der Waals surface area contributed by atoms with Crippen molar-refractivity contribution in [3.63, 3.8) is 0 Å². The molecule has 0 atom stereocenters. The molecule has 0 radical (unpaired) electrons. The number of benzene rings is 4. The van der Waals surface area contributed by atoms with E-state index in [-0.39, 0.29) is 29.9 Å². The van der Waals surface area contributed by atoms with Crippen molar-refractivity contribution < 1.29 is 9.47 Å². The van der Waals surface area contributed by atoms with Crippen molar-refractivity contribution in [2.75, 3.05) is 13.2 Å². The van der Waals surface area contributed by atoms with Crippen LogP contribution >= 0.6 is 0 Å². The second-order valence-corrected chi connectivity index (χ2v) is 12.2. The Kier molecular flexibility index (Phi) is 5.38. The Bertz CT molecular complexity index is 1250. The van der Waals surface area contributed by atoms with Gasteiger partial charge in [-0.15, -0.1) is 0 Å². The van der Waals surface area contributed by atoms with Gasteiger partial charge >= 0.3 is 201 Å². The van der Waals surface area contributed by atoms with Crippen LogP contribution in [0.4, 0.5) is 0 Å². The molecule has 4 aromatic rings. The zero-order valence-electron chi connectivity index (χ0n) is 17.3. The standard InChI is InChI=1S/C28H20O2Se2/c1-3-9-19(10-4-1)31-23-15-17-29-27-25(23)21-13-7-8-14-22(21)26-24(16-18-30-28(26)27)32-20-11-5-2-6-12-20/h1-16H,17-18H2. The summed E-state index contributed by atoms with van der Waals surface area (Å²) < 4.78 is 18.1. The fourth-order valence-corrected chi connectivity index (χ4v) is 8.39. The first kappa shape index (κ1) is 19.9.